The summed E-state index contributed by atoms with van der Waals surface area (Å²) >= 11 is 0. The number of hydrogen-bond donors (Lipinski definition) is 0. The Morgan fingerprint density at radius 1 is 0.982 bits per heavy atom. The van der Waals surface area contributed by atoms with Crippen LogP contribution in [0.25, 0.3) is 0 Å². The van der Waals surface area contributed by atoms with Crippen molar-refractivity contribution in [3.63, 3.8) is 0 Å². The molecule has 1 aromatic carbocycles. The van der Waals surface area contributed by atoms with Gasteiger partial charge in [-0.1, -0.05) is 118 Å². The third-order valence-electron chi connectivity index (χ3n) is 12.4. The highest BCUT2D eigenvalue weighted by atomic mass is 28.4. The van der Waals surface area contributed by atoms with Gasteiger partial charge in [-0.15, -0.1) is 0 Å². The van der Waals surface area contributed by atoms with Crippen LogP contribution in [0.5, 0.6) is 5.75 Å². The second-order valence-corrected chi connectivity index (χ2v) is 29.8. The molecule has 0 bridgehead atoms. The summed E-state index contributed by atoms with van der Waals surface area (Å²) in [6.45, 7) is 38.3. The number of rotatable bonds is 23. The summed E-state index contributed by atoms with van der Waals surface area (Å²) in [5.41, 5.74) is 3.77. The van der Waals surface area contributed by atoms with E-state index < -0.39 is 22.4 Å². The van der Waals surface area contributed by atoms with Crippen LogP contribution in [0.2, 0.25) is 34.8 Å². The molecule has 6 atom stereocenters. The van der Waals surface area contributed by atoms with Gasteiger partial charge < -0.3 is 32.5 Å². The lowest BCUT2D eigenvalue weighted by Crippen LogP contribution is -2.50. The van der Waals surface area contributed by atoms with Crippen LogP contribution >= 0.6 is 0 Å². The molecule has 1 fully saturated rings. The normalized spacial score (nSPS) is 22.4. The first kappa shape index (κ1) is 48.8. The Morgan fingerprint density at radius 3 is 2.18 bits per heavy atom. The summed E-state index contributed by atoms with van der Waals surface area (Å²) in [6.07, 6.45) is 14.4. The number of hydrogen-bond acceptors (Lipinski definition) is 7. The van der Waals surface area contributed by atoms with E-state index in [-0.39, 0.29) is 35.6 Å². The first-order valence-corrected chi connectivity index (χ1v) is 26.7. The van der Waals surface area contributed by atoms with Crippen LogP contribution < -0.4 is 4.74 Å². The smallest absolute Gasteiger partial charge is 0.201 e. The van der Waals surface area contributed by atoms with Crippen molar-refractivity contribution in [2.75, 3.05) is 20.3 Å². The molecule has 0 N–H and O–H groups in total. The predicted molar refractivity (Wildman–Crippen MR) is 238 cm³/mol. The summed E-state index contributed by atoms with van der Waals surface area (Å²) in [5.74, 6) is 0.653. The number of benzene rings is 1. The molecule has 2 aliphatic heterocycles. The molecule has 0 aliphatic carbocycles. The molecule has 0 spiro atoms. The van der Waals surface area contributed by atoms with Crippen LogP contribution in [-0.4, -0.2) is 73.3 Å². The van der Waals surface area contributed by atoms with E-state index in [0.29, 0.717) is 42.2 Å². The Balaban J connectivity index is 1.70. The van der Waals surface area contributed by atoms with Gasteiger partial charge in [0.05, 0.1) is 44.7 Å². The van der Waals surface area contributed by atoms with Gasteiger partial charge in [0, 0.05) is 6.61 Å². The zero-order valence-corrected chi connectivity index (χ0v) is 40.2. The molecule has 0 saturated carbocycles. The van der Waals surface area contributed by atoms with Gasteiger partial charge >= 0.3 is 0 Å². The van der Waals surface area contributed by atoms with Gasteiger partial charge in [0.25, 0.3) is 0 Å². The van der Waals surface area contributed by atoms with Crippen LogP contribution in [0, 0.1) is 5.92 Å². The molecule has 0 radical (unpaired) electrons. The lowest BCUT2D eigenvalue weighted by molar-refractivity contribution is -0.157. The Labute approximate surface area is 345 Å². The minimum Gasteiger partial charge on any atom is -0.497 e. The largest absolute Gasteiger partial charge is 0.497 e. The average molecular weight is 815 g/mol. The molecule has 9 heteroatoms. The molecule has 2 aliphatic rings. The van der Waals surface area contributed by atoms with Gasteiger partial charge in [0.2, 0.25) is 8.32 Å². The standard InChI is InChI=1S/C47H82O7Si2/c1-34(2)56(35(3)4,36(5)6)54-43(21-18-22-44(45-33-50-47(12,13)53-45)49-32-39-23-25-40(48-14)26-24-39)31-38(8)29-37(7)30-42-20-17-19-41(52-42)27-28-51-55(15,16)46(9,10)11/h17-19,21,23-26,34-37,41-45H,8,20,22,27-33H2,1-7,9-16H3. The molecule has 7 nitrogen and oxygen atoms in total. The number of ether oxygens (including phenoxy) is 5. The molecule has 1 aromatic rings. The van der Waals surface area contributed by atoms with Crippen LogP contribution in [0.4, 0.5) is 0 Å². The van der Waals surface area contributed by atoms with Gasteiger partial charge in [-0.25, -0.2) is 0 Å². The summed E-state index contributed by atoms with van der Waals surface area (Å²) in [7, 11) is -2.26. The van der Waals surface area contributed by atoms with Crippen molar-refractivity contribution < 1.29 is 32.5 Å². The highest BCUT2D eigenvalue weighted by Gasteiger charge is 2.46. The maximum atomic E-state index is 7.45. The van der Waals surface area contributed by atoms with Crippen LogP contribution in [0.1, 0.15) is 127 Å². The Morgan fingerprint density at radius 2 is 1.62 bits per heavy atom. The van der Waals surface area contributed by atoms with Crippen molar-refractivity contribution in [2.24, 2.45) is 5.92 Å². The second kappa shape index (κ2) is 21.6. The Kier molecular flexibility index (Phi) is 18.8. The van der Waals surface area contributed by atoms with E-state index in [2.05, 4.69) is 113 Å². The minimum atomic E-state index is -2.18. The fraction of sp³-hybridized carbons (Fsp3) is 0.745. The third-order valence-corrected chi connectivity index (χ3v) is 23.1. The minimum absolute atomic E-state index is 0.0628. The average Bonchev–Trinajstić information content (AvgIpc) is 3.46. The van der Waals surface area contributed by atoms with Crippen LogP contribution in [0.3, 0.4) is 0 Å². The van der Waals surface area contributed by atoms with E-state index in [4.69, 9.17) is 32.5 Å². The molecular weight excluding hydrogens is 733 g/mol. The van der Waals surface area contributed by atoms with Crippen molar-refractivity contribution in [1.29, 1.82) is 0 Å². The van der Waals surface area contributed by atoms with Gasteiger partial charge in [-0.3, -0.25) is 0 Å². The summed E-state index contributed by atoms with van der Waals surface area (Å²) in [6, 6.07) is 8.04. The Hall–Kier alpha value is -1.57. The zero-order chi connectivity index (χ0) is 41.9. The summed E-state index contributed by atoms with van der Waals surface area (Å²) in [4.78, 5) is 0. The molecular formula is C47H82O7Si2. The maximum absolute atomic E-state index is 7.45. The fourth-order valence-corrected chi connectivity index (χ4v) is 15.0. The molecule has 56 heavy (non-hydrogen) atoms. The quantitative estimate of drug-likeness (QED) is 0.0805. The fourth-order valence-electron chi connectivity index (χ4n) is 8.42. The van der Waals surface area contributed by atoms with Crippen molar-refractivity contribution in [3.05, 3.63) is 66.3 Å². The van der Waals surface area contributed by atoms with Crippen molar-refractivity contribution in [3.8, 4) is 5.75 Å². The molecule has 2 heterocycles. The van der Waals surface area contributed by atoms with E-state index in [1.54, 1.807) is 7.11 Å². The molecule has 6 unspecified atom stereocenters. The molecule has 320 valence electrons. The zero-order valence-electron chi connectivity index (χ0n) is 38.2. The molecule has 0 amide bonds. The lowest BCUT2D eigenvalue weighted by atomic mass is 9.91. The van der Waals surface area contributed by atoms with Gasteiger partial charge in [-0.05, 0) is 111 Å². The maximum Gasteiger partial charge on any atom is 0.201 e. The Bertz CT molecular complexity index is 1360. The van der Waals surface area contributed by atoms with E-state index in [1.165, 1.54) is 5.57 Å². The van der Waals surface area contributed by atoms with E-state index in [0.717, 1.165) is 50.0 Å². The lowest BCUT2D eigenvalue weighted by Gasteiger charge is -2.44. The summed E-state index contributed by atoms with van der Waals surface area (Å²) < 4.78 is 44.8. The van der Waals surface area contributed by atoms with Gasteiger partial charge in [0.15, 0.2) is 14.1 Å². The SMILES string of the molecule is C=C(CC(C)CC1CC=CC(CCO[Si](C)(C)C(C)(C)C)O1)CC(C=CCC(OCc1ccc(OC)cc1)C1COC(C)(C)O1)O[Si](C(C)C)(C(C)C)C(C)C. The first-order chi connectivity index (χ1) is 26.1. The van der Waals surface area contributed by atoms with Gasteiger partial charge in [0.1, 0.15) is 11.9 Å². The second-order valence-electron chi connectivity index (χ2n) is 19.6. The van der Waals surface area contributed by atoms with E-state index in [9.17, 15) is 0 Å². The number of methoxy groups -OCH3 is 1. The van der Waals surface area contributed by atoms with Gasteiger partial charge in [-0.2, -0.15) is 0 Å². The van der Waals surface area contributed by atoms with Crippen molar-refractivity contribution >= 4 is 16.6 Å². The predicted octanol–water partition coefficient (Wildman–Crippen LogP) is 12.7. The monoisotopic (exact) mass is 815 g/mol. The van der Waals surface area contributed by atoms with Crippen molar-refractivity contribution in [2.45, 2.75) is 199 Å². The van der Waals surface area contributed by atoms with E-state index >= 15 is 0 Å². The molecule has 1 saturated heterocycles. The van der Waals surface area contributed by atoms with Crippen LogP contribution in [-0.2, 0) is 34.4 Å². The topological polar surface area (TPSA) is 64.6 Å². The van der Waals surface area contributed by atoms with Crippen LogP contribution in [0.15, 0.2) is 60.7 Å². The first-order valence-electron chi connectivity index (χ1n) is 21.6. The molecule has 3 rings (SSSR count). The molecule has 0 aromatic heterocycles. The highest BCUT2D eigenvalue weighted by Crippen LogP contribution is 2.44. The third kappa shape index (κ3) is 14.6. The van der Waals surface area contributed by atoms with Crippen molar-refractivity contribution in [1.82, 2.24) is 0 Å². The summed E-state index contributed by atoms with van der Waals surface area (Å²) in [5, 5.41) is 0.213. The highest BCUT2D eigenvalue weighted by molar-refractivity contribution is 6.77. The van der Waals surface area contributed by atoms with E-state index in [1.807, 2.05) is 38.1 Å².